The van der Waals surface area contributed by atoms with E-state index < -0.39 is 5.97 Å². The number of aliphatic carboxylic acids is 1. The molecular formula is C16H12ClNO2S. The number of benzene rings is 2. The summed E-state index contributed by atoms with van der Waals surface area (Å²) in [5.74, 6) is -1.16. The van der Waals surface area contributed by atoms with Crippen LogP contribution in [0.1, 0.15) is 11.1 Å². The van der Waals surface area contributed by atoms with E-state index in [0.717, 1.165) is 0 Å². The van der Waals surface area contributed by atoms with Gasteiger partial charge in [0.1, 0.15) is 5.57 Å². The van der Waals surface area contributed by atoms with Crippen molar-refractivity contribution >= 4 is 40.3 Å². The van der Waals surface area contributed by atoms with Crippen LogP contribution in [0.5, 0.6) is 0 Å². The van der Waals surface area contributed by atoms with Gasteiger partial charge in [0, 0.05) is 5.02 Å². The van der Waals surface area contributed by atoms with Crippen molar-refractivity contribution in [3.05, 3.63) is 76.3 Å². The zero-order valence-corrected chi connectivity index (χ0v) is 12.5. The Morgan fingerprint density at radius 2 is 1.57 bits per heavy atom. The van der Waals surface area contributed by atoms with Gasteiger partial charge in [0.05, 0.1) is 10.6 Å². The van der Waals surface area contributed by atoms with Crippen molar-refractivity contribution in [2.24, 2.45) is 5.73 Å². The second kappa shape index (κ2) is 6.52. The lowest BCUT2D eigenvalue weighted by atomic mass is 9.99. The summed E-state index contributed by atoms with van der Waals surface area (Å²) < 4.78 is 0. The molecule has 0 aliphatic heterocycles. The molecule has 0 saturated carbocycles. The van der Waals surface area contributed by atoms with Crippen LogP contribution in [0.25, 0.3) is 5.70 Å². The molecule has 3 nitrogen and oxygen atoms in total. The highest BCUT2D eigenvalue weighted by molar-refractivity contribution is 7.81. The van der Waals surface area contributed by atoms with Gasteiger partial charge < -0.3 is 10.8 Å². The Bertz CT molecular complexity index is 709. The van der Waals surface area contributed by atoms with E-state index in [1.807, 2.05) is 6.07 Å². The van der Waals surface area contributed by atoms with E-state index in [0.29, 0.717) is 16.1 Å². The van der Waals surface area contributed by atoms with Crippen LogP contribution in [0, 0.1) is 0 Å². The smallest absolute Gasteiger partial charge is 0.339 e. The van der Waals surface area contributed by atoms with Gasteiger partial charge in [-0.2, -0.15) is 0 Å². The molecule has 5 heteroatoms. The van der Waals surface area contributed by atoms with Gasteiger partial charge in [0.15, 0.2) is 0 Å². The quantitative estimate of drug-likeness (QED) is 0.514. The minimum atomic E-state index is -1.16. The third-order valence-electron chi connectivity index (χ3n) is 2.90. The van der Waals surface area contributed by atoms with E-state index in [-0.39, 0.29) is 16.1 Å². The predicted molar refractivity (Wildman–Crippen MR) is 88.3 cm³/mol. The Morgan fingerprint density at radius 1 is 1.00 bits per heavy atom. The second-order valence-electron chi connectivity index (χ2n) is 4.30. The van der Waals surface area contributed by atoms with Crippen molar-refractivity contribution < 1.29 is 9.90 Å². The summed E-state index contributed by atoms with van der Waals surface area (Å²) >= 11 is 11.1. The molecule has 0 aliphatic rings. The first-order chi connectivity index (χ1) is 10.0. The lowest BCUT2D eigenvalue weighted by Gasteiger charge is -2.10. The molecule has 21 heavy (non-hydrogen) atoms. The summed E-state index contributed by atoms with van der Waals surface area (Å²) in [5.41, 5.74) is 7.24. The van der Waals surface area contributed by atoms with Crippen LogP contribution in [-0.2, 0) is 4.79 Å². The highest BCUT2D eigenvalue weighted by Crippen LogP contribution is 2.20. The van der Waals surface area contributed by atoms with E-state index in [9.17, 15) is 9.90 Å². The molecule has 0 unspecified atom stereocenters. The lowest BCUT2D eigenvalue weighted by molar-refractivity contribution is -0.131. The Morgan fingerprint density at radius 3 is 2.10 bits per heavy atom. The lowest BCUT2D eigenvalue weighted by Crippen LogP contribution is -2.17. The fourth-order valence-corrected chi connectivity index (χ4v) is 2.30. The molecule has 0 bridgehead atoms. The number of halogens is 1. The number of carboxylic acid groups (broad SMARTS) is 1. The van der Waals surface area contributed by atoms with Crippen LogP contribution in [0.15, 0.2) is 60.2 Å². The van der Waals surface area contributed by atoms with Crippen LogP contribution in [0.3, 0.4) is 0 Å². The average Bonchev–Trinajstić information content (AvgIpc) is 2.48. The maximum absolute atomic E-state index is 11.5. The van der Waals surface area contributed by atoms with Gasteiger partial charge in [0.2, 0.25) is 0 Å². The Hall–Kier alpha value is -2.17. The van der Waals surface area contributed by atoms with Crippen LogP contribution >= 0.6 is 23.8 Å². The second-order valence-corrected chi connectivity index (χ2v) is 5.14. The number of hydrogen-bond donors (Lipinski definition) is 2. The standard InChI is InChI=1S/C16H12ClNO2S/c17-12-8-6-10(7-9-12)14(18)13(16(19)20)15(21)11-4-2-1-3-5-11/h1-9H,18H2,(H,19,20). The Labute approximate surface area is 132 Å². The van der Waals surface area contributed by atoms with E-state index in [1.54, 1.807) is 48.5 Å². The number of nitrogens with two attached hydrogens (primary N) is 1. The molecule has 0 heterocycles. The zero-order valence-electron chi connectivity index (χ0n) is 10.9. The van der Waals surface area contributed by atoms with Crippen molar-refractivity contribution in [2.75, 3.05) is 0 Å². The van der Waals surface area contributed by atoms with E-state index >= 15 is 0 Å². The van der Waals surface area contributed by atoms with Crippen molar-refractivity contribution in [1.29, 1.82) is 0 Å². The fourth-order valence-electron chi connectivity index (χ4n) is 1.84. The number of thiocarbonyl (C=S) groups is 1. The Kier molecular flexibility index (Phi) is 4.73. The first kappa shape index (κ1) is 15.2. The van der Waals surface area contributed by atoms with Gasteiger partial charge in [-0.1, -0.05) is 66.3 Å². The van der Waals surface area contributed by atoms with Crippen LogP contribution in [0.4, 0.5) is 0 Å². The minimum absolute atomic E-state index is 0.0847. The number of hydrogen-bond acceptors (Lipinski definition) is 3. The number of carbonyl (C=O) groups is 1. The topological polar surface area (TPSA) is 63.3 Å². The fraction of sp³-hybridized carbons (Fsp3) is 0. The normalized spacial score (nSPS) is 11.7. The highest BCUT2D eigenvalue weighted by atomic mass is 35.5. The maximum Gasteiger partial charge on any atom is 0.339 e. The molecule has 2 aromatic rings. The summed E-state index contributed by atoms with van der Waals surface area (Å²) in [6, 6.07) is 15.5. The molecule has 0 amide bonds. The first-order valence-corrected chi connectivity index (χ1v) is 6.88. The molecule has 2 rings (SSSR count). The molecule has 0 aromatic heterocycles. The highest BCUT2D eigenvalue weighted by Gasteiger charge is 2.20. The molecule has 0 saturated heterocycles. The van der Waals surface area contributed by atoms with Crippen molar-refractivity contribution in [3.63, 3.8) is 0 Å². The van der Waals surface area contributed by atoms with Crippen LogP contribution in [0.2, 0.25) is 5.02 Å². The molecule has 0 spiro atoms. The molecular weight excluding hydrogens is 306 g/mol. The monoisotopic (exact) mass is 317 g/mol. The van der Waals surface area contributed by atoms with Gasteiger partial charge in [-0.3, -0.25) is 0 Å². The van der Waals surface area contributed by atoms with Gasteiger partial charge in [-0.05, 0) is 23.3 Å². The minimum Gasteiger partial charge on any atom is -0.478 e. The van der Waals surface area contributed by atoms with E-state index in [2.05, 4.69) is 0 Å². The molecule has 0 atom stereocenters. The molecule has 2 aromatic carbocycles. The molecule has 106 valence electrons. The molecule has 0 aliphatic carbocycles. The number of carboxylic acids is 1. The van der Waals surface area contributed by atoms with Gasteiger partial charge in [-0.25, -0.2) is 4.79 Å². The van der Waals surface area contributed by atoms with Gasteiger partial charge in [0.25, 0.3) is 0 Å². The zero-order chi connectivity index (χ0) is 15.4. The first-order valence-electron chi connectivity index (χ1n) is 6.09. The van der Waals surface area contributed by atoms with E-state index in [4.69, 9.17) is 29.6 Å². The van der Waals surface area contributed by atoms with Crippen LogP contribution in [-0.4, -0.2) is 15.9 Å². The summed E-state index contributed by atoms with van der Waals surface area (Å²) in [5, 5.41) is 9.99. The van der Waals surface area contributed by atoms with Gasteiger partial charge in [-0.15, -0.1) is 0 Å². The summed E-state index contributed by atoms with van der Waals surface area (Å²) in [4.78, 5) is 11.7. The number of rotatable bonds is 4. The third kappa shape index (κ3) is 3.48. The summed E-state index contributed by atoms with van der Waals surface area (Å²) in [6.45, 7) is 0. The van der Waals surface area contributed by atoms with Crippen molar-refractivity contribution in [2.45, 2.75) is 0 Å². The molecule has 0 radical (unpaired) electrons. The van der Waals surface area contributed by atoms with E-state index in [1.165, 1.54) is 0 Å². The van der Waals surface area contributed by atoms with Crippen LogP contribution < -0.4 is 5.73 Å². The SMILES string of the molecule is NC(=C(C(=O)O)C(=S)c1ccccc1)c1ccc(Cl)cc1. The van der Waals surface area contributed by atoms with Gasteiger partial charge >= 0.3 is 5.97 Å². The maximum atomic E-state index is 11.5. The predicted octanol–water partition coefficient (Wildman–Crippen LogP) is 3.51. The van der Waals surface area contributed by atoms with Crippen molar-refractivity contribution in [3.8, 4) is 0 Å². The molecule has 0 fully saturated rings. The average molecular weight is 318 g/mol. The summed E-state index contributed by atoms with van der Waals surface area (Å²) in [6.07, 6.45) is 0. The Balaban J connectivity index is 2.52. The summed E-state index contributed by atoms with van der Waals surface area (Å²) in [7, 11) is 0. The third-order valence-corrected chi connectivity index (χ3v) is 3.59. The largest absolute Gasteiger partial charge is 0.478 e. The van der Waals surface area contributed by atoms with Crippen molar-refractivity contribution in [1.82, 2.24) is 0 Å². The molecule has 3 N–H and O–H groups in total.